The molecule has 102 valence electrons. The Morgan fingerprint density at radius 1 is 1.11 bits per heavy atom. The molecular formula is C10H4Cl3F3N2O. The van der Waals surface area contributed by atoms with Crippen LogP contribution in [0.25, 0.3) is 5.69 Å². The predicted octanol–water partition coefficient (Wildman–Crippen LogP) is 4.14. The van der Waals surface area contributed by atoms with E-state index in [1.807, 2.05) is 0 Å². The molecule has 0 fully saturated rings. The number of hydrogen-bond acceptors (Lipinski definition) is 1. The summed E-state index contributed by atoms with van der Waals surface area (Å²) in [5.74, 6) is 0. The van der Waals surface area contributed by atoms with E-state index in [0.29, 0.717) is 10.9 Å². The summed E-state index contributed by atoms with van der Waals surface area (Å²) in [4.78, 5) is 11.7. The third kappa shape index (κ3) is 2.61. The maximum atomic E-state index is 12.5. The molecule has 19 heavy (non-hydrogen) atoms. The largest absolute Gasteiger partial charge is 0.423 e. The van der Waals surface area contributed by atoms with Gasteiger partial charge in [-0.3, -0.25) is 9.89 Å². The van der Waals surface area contributed by atoms with Gasteiger partial charge in [0.05, 0.1) is 10.0 Å². The first-order chi connectivity index (χ1) is 8.71. The molecule has 0 bridgehead atoms. The summed E-state index contributed by atoms with van der Waals surface area (Å²) in [5.41, 5.74) is -2.72. The van der Waals surface area contributed by atoms with Crippen LogP contribution in [-0.2, 0) is 6.18 Å². The van der Waals surface area contributed by atoms with Crippen LogP contribution >= 0.6 is 34.8 Å². The van der Waals surface area contributed by atoms with Crippen LogP contribution in [0.15, 0.2) is 23.1 Å². The van der Waals surface area contributed by atoms with Crippen molar-refractivity contribution >= 4 is 34.8 Å². The Morgan fingerprint density at radius 3 is 2.05 bits per heavy atom. The number of aromatic nitrogens is 2. The molecule has 0 atom stereocenters. The minimum absolute atomic E-state index is 0.0461. The first-order valence-corrected chi connectivity index (χ1v) is 5.87. The highest BCUT2D eigenvalue weighted by Crippen LogP contribution is 2.32. The molecule has 0 aliphatic heterocycles. The predicted molar refractivity (Wildman–Crippen MR) is 66.4 cm³/mol. The molecule has 9 heteroatoms. The average Bonchev–Trinajstić information content (AvgIpc) is 2.58. The summed E-state index contributed by atoms with van der Waals surface area (Å²) in [6.45, 7) is 0. The highest BCUT2D eigenvalue weighted by Gasteiger charge is 2.36. The zero-order chi connectivity index (χ0) is 14.4. The van der Waals surface area contributed by atoms with Crippen LogP contribution in [0.5, 0.6) is 0 Å². The average molecular weight is 332 g/mol. The Hall–Kier alpha value is -1.11. The highest BCUT2D eigenvalue weighted by atomic mass is 35.5. The van der Waals surface area contributed by atoms with E-state index in [1.165, 1.54) is 12.1 Å². The topological polar surface area (TPSA) is 37.8 Å². The van der Waals surface area contributed by atoms with Gasteiger partial charge in [-0.1, -0.05) is 34.8 Å². The SMILES string of the molecule is O=c1c(C(F)(F)F)c[nH]n1-c1c(Cl)cc(Cl)cc1Cl. The molecule has 0 aliphatic rings. The normalized spacial score (nSPS) is 11.9. The van der Waals surface area contributed by atoms with Crippen molar-refractivity contribution in [1.29, 1.82) is 0 Å². The number of benzene rings is 1. The summed E-state index contributed by atoms with van der Waals surface area (Å²) >= 11 is 17.4. The third-order valence-electron chi connectivity index (χ3n) is 2.28. The maximum Gasteiger partial charge on any atom is 0.423 e. The molecule has 2 aromatic rings. The van der Waals surface area contributed by atoms with Crippen molar-refractivity contribution in [3.05, 3.63) is 49.3 Å². The molecule has 1 heterocycles. The Labute approximate surface area is 119 Å². The van der Waals surface area contributed by atoms with E-state index in [-0.39, 0.29) is 20.8 Å². The minimum Gasteiger partial charge on any atom is -0.297 e. The van der Waals surface area contributed by atoms with Gasteiger partial charge in [-0.15, -0.1) is 0 Å². The molecule has 1 aromatic carbocycles. The lowest BCUT2D eigenvalue weighted by Gasteiger charge is -2.07. The summed E-state index contributed by atoms with van der Waals surface area (Å²) in [5, 5.41) is 2.28. The Balaban J connectivity index is 2.69. The van der Waals surface area contributed by atoms with Crippen molar-refractivity contribution < 1.29 is 13.2 Å². The number of nitrogens with zero attached hydrogens (tertiary/aromatic N) is 1. The fourth-order valence-corrected chi connectivity index (χ4v) is 2.47. The van der Waals surface area contributed by atoms with Gasteiger partial charge in [0.15, 0.2) is 0 Å². The zero-order valence-corrected chi connectivity index (χ0v) is 11.1. The van der Waals surface area contributed by atoms with E-state index in [0.717, 1.165) is 0 Å². The molecule has 0 spiro atoms. The Kier molecular flexibility index (Phi) is 3.59. The van der Waals surface area contributed by atoms with Crippen LogP contribution in [0.3, 0.4) is 0 Å². The summed E-state index contributed by atoms with van der Waals surface area (Å²) in [7, 11) is 0. The van der Waals surface area contributed by atoms with E-state index in [4.69, 9.17) is 34.8 Å². The molecule has 2 rings (SSSR count). The van der Waals surface area contributed by atoms with Gasteiger partial charge in [-0.25, -0.2) is 4.68 Å². The number of hydrogen-bond donors (Lipinski definition) is 1. The minimum atomic E-state index is -4.76. The van der Waals surface area contributed by atoms with Crippen LogP contribution in [0.4, 0.5) is 13.2 Å². The Bertz CT molecular complexity index is 667. The second kappa shape index (κ2) is 4.77. The lowest BCUT2D eigenvalue weighted by atomic mass is 10.3. The maximum absolute atomic E-state index is 12.5. The van der Waals surface area contributed by atoms with Crippen LogP contribution in [0.2, 0.25) is 15.1 Å². The van der Waals surface area contributed by atoms with Gasteiger partial charge in [-0.2, -0.15) is 13.2 Å². The first-order valence-electron chi connectivity index (χ1n) is 4.74. The van der Waals surface area contributed by atoms with Crippen LogP contribution in [0, 0.1) is 0 Å². The van der Waals surface area contributed by atoms with Crippen molar-refractivity contribution in [3.63, 3.8) is 0 Å². The van der Waals surface area contributed by atoms with Crippen LogP contribution < -0.4 is 5.56 Å². The fraction of sp³-hybridized carbons (Fsp3) is 0.100. The first kappa shape index (κ1) is 14.3. The number of rotatable bonds is 1. The standard InChI is InChI=1S/C10H4Cl3F3N2O/c11-4-1-6(12)8(7(13)2-4)18-9(19)5(3-17-18)10(14,15)16/h1-3,17H. The molecule has 0 saturated heterocycles. The van der Waals surface area contributed by atoms with E-state index in [1.54, 1.807) is 0 Å². The number of alkyl halides is 3. The van der Waals surface area contributed by atoms with Gasteiger partial charge in [0.1, 0.15) is 11.3 Å². The number of H-pyrrole nitrogens is 1. The van der Waals surface area contributed by atoms with Gasteiger partial charge in [0, 0.05) is 11.2 Å². The molecule has 0 saturated carbocycles. The molecule has 1 aromatic heterocycles. The number of aromatic amines is 1. The van der Waals surface area contributed by atoms with Crippen molar-refractivity contribution in [2.24, 2.45) is 0 Å². The second-order valence-corrected chi connectivity index (χ2v) is 4.79. The molecule has 0 unspecified atom stereocenters. The second-order valence-electron chi connectivity index (χ2n) is 3.54. The van der Waals surface area contributed by atoms with Gasteiger partial charge in [0.25, 0.3) is 5.56 Å². The van der Waals surface area contributed by atoms with Gasteiger partial charge in [-0.05, 0) is 12.1 Å². The van der Waals surface area contributed by atoms with Crippen molar-refractivity contribution in [2.75, 3.05) is 0 Å². The van der Waals surface area contributed by atoms with Gasteiger partial charge >= 0.3 is 6.18 Å². The monoisotopic (exact) mass is 330 g/mol. The van der Waals surface area contributed by atoms with E-state index in [2.05, 4.69) is 5.10 Å². The lowest BCUT2D eigenvalue weighted by Crippen LogP contribution is -2.23. The lowest BCUT2D eigenvalue weighted by molar-refractivity contribution is -0.138. The van der Waals surface area contributed by atoms with Crippen molar-refractivity contribution in [2.45, 2.75) is 6.18 Å². The summed E-state index contributed by atoms with van der Waals surface area (Å²) in [6.07, 6.45) is -4.21. The fourth-order valence-electron chi connectivity index (χ4n) is 1.49. The van der Waals surface area contributed by atoms with Gasteiger partial charge < -0.3 is 0 Å². The molecule has 1 N–H and O–H groups in total. The highest BCUT2D eigenvalue weighted by molar-refractivity contribution is 6.40. The van der Waals surface area contributed by atoms with E-state index in [9.17, 15) is 18.0 Å². The molecular weight excluding hydrogens is 327 g/mol. The smallest absolute Gasteiger partial charge is 0.297 e. The van der Waals surface area contributed by atoms with Crippen molar-refractivity contribution in [1.82, 2.24) is 9.78 Å². The summed E-state index contributed by atoms with van der Waals surface area (Å²) in [6, 6.07) is 2.54. The molecule has 3 nitrogen and oxygen atoms in total. The van der Waals surface area contributed by atoms with Gasteiger partial charge in [0.2, 0.25) is 0 Å². The van der Waals surface area contributed by atoms with Crippen molar-refractivity contribution in [3.8, 4) is 5.69 Å². The molecule has 0 radical (unpaired) electrons. The van der Waals surface area contributed by atoms with E-state index >= 15 is 0 Å². The quantitative estimate of drug-likeness (QED) is 0.838. The van der Waals surface area contributed by atoms with E-state index < -0.39 is 17.3 Å². The number of halogens is 6. The Morgan fingerprint density at radius 2 is 1.63 bits per heavy atom. The number of nitrogens with one attached hydrogen (secondary N) is 1. The van der Waals surface area contributed by atoms with Crippen LogP contribution in [-0.4, -0.2) is 9.78 Å². The summed E-state index contributed by atoms with van der Waals surface area (Å²) < 4.78 is 38.2. The third-order valence-corrected chi connectivity index (χ3v) is 3.08. The van der Waals surface area contributed by atoms with Crippen LogP contribution in [0.1, 0.15) is 5.56 Å². The zero-order valence-electron chi connectivity index (χ0n) is 8.86. The molecule has 0 amide bonds. The molecule has 0 aliphatic carbocycles.